The predicted octanol–water partition coefficient (Wildman–Crippen LogP) is 4.49. The van der Waals surface area contributed by atoms with Crippen LogP contribution in [0, 0.1) is 5.82 Å². The number of furan rings is 1. The Kier molecular flexibility index (Phi) is 7.63. The number of carbonyl (C=O) groups excluding carboxylic acids is 3. The molecular weight excluding hydrogens is 503 g/mol. The van der Waals surface area contributed by atoms with Crippen LogP contribution >= 0.6 is 0 Å². The van der Waals surface area contributed by atoms with Gasteiger partial charge in [-0.25, -0.2) is 9.18 Å². The summed E-state index contributed by atoms with van der Waals surface area (Å²) in [7, 11) is 0. The standard InChI is InChI=1S/C29H25FN4O5/c30-21-6-3-5-19(17-21)18-34-25(28(36)32-15-13-22-7-1-2-14-31-22)26(39-29(34)37)20-9-11-23(12-10-20)33-27(35)24-8-4-16-38-24/h1-12,14,16-17,25-26H,13,15,18H2,(H,32,36)(H,33,35)/t25-,26-/m0/s1. The van der Waals surface area contributed by atoms with Gasteiger partial charge >= 0.3 is 6.09 Å². The van der Waals surface area contributed by atoms with Gasteiger partial charge in [-0.3, -0.25) is 19.5 Å². The third-order valence-electron chi connectivity index (χ3n) is 6.24. The van der Waals surface area contributed by atoms with E-state index in [0.29, 0.717) is 29.8 Å². The average molecular weight is 529 g/mol. The molecular formula is C29H25FN4O5. The average Bonchev–Trinajstić information content (AvgIpc) is 3.59. The Balaban J connectivity index is 1.34. The molecule has 4 aromatic rings. The van der Waals surface area contributed by atoms with Crippen molar-refractivity contribution < 1.29 is 27.9 Å². The fourth-order valence-electron chi connectivity index (χ4n) is 4.36. The number of hydrogen-bond donors (Lipinski definition) is 2. The minimum Gasteiger partial charge on any atom is -0.459 e. The SMILES string of the molecule is O=C(Nc1ccc([C@@H]2OC(=O)N(Cc3cccc(F)c3)[C@@H]2C(=O)NCCc2ccccn2)cc1)c1ccco1. The van der Waals surface area contributed by atoms with Crippen molar-refractivity contribution in [3.63, 3.8) is 0 Å². The molecule has 2 aromatic heterocycles. The number of pyridine rings is 1. The summed E-state index contributed by atoms with van der Waals surface area (Å²) in [5, 5.41) is 5.60. The number of amides is 3. The van der Waals surface area contributed by atoms with Crippen LogP contribution in [0.1, 0.15) is 33.5 Å². The van der Waals surface area contributed by atoms with Gasteiger partial charge in [-0.05, 0) is 59.7 Å². The fraction of sp³-hybridized carbons (Fsp3) is 0.172. The lowest BCUT2D eigenvalue weighted by molar-refractivity contribution is -0.126. The molecule has 9 nitrogen and oxygen atoms in total. The van der Waals surface area contributed by atoms with Crippen LogP contribution in [0.3, 0.4) is 0 Å². The summed E-state index contributed by atoms with van der Waals surface area (Å²) in [4.78, 5) is 44.2. The summed E-state index contributed by atoms with van der Waals surface area (Å²) in [6.45, 7) is 0.293. The Morgan fingerprint density at radius 3 is 2.56 bits per heavy atom. The van der Waals surface area contributed by atoms with Gasteiger partial charge in [0.1, 0.15) is 5.82 Å². The molecule has 0 unspecified atom stereocenters. The number of hydrogen-bond acceptors (Lipinski definition) is 6. The molecule has 0 saturated carbocycles. The summed E-state index contributed by atoms with van der Waals surface area (Å²) < 4.78 is 24.6. The highest BCUT2D eigenvalue weighted by Crippen LogP contribution is 2.34. The van der Waals surface area contributed by atoms with E-state index in [1.165, 1.54) is 23.3 Å². The maximum atomic E-state index is 13.8. The minimum atomic E-state index is -1.01. The Hall–Kier alpha value is -4.99. The molecule has 0 bridgehead atoms. The molecule has 5 rings (SSSR count). The molecule has 3 amide bonds. The highest BCUT2D eigenvalue weighted by Gasteiger charge is 2.46. The van der Waals surface area contributed by atoms with E-state index in [9.17, 15) is 18.8 Å². The lowest BCUT2D eigenvalue weighted by atomic mass is 10.00. The summed E-state index contributed by atoms with van der Waals surface area (Å²) in [6.07, 6.45) is 1.98. The fourth-order valence-corrected chi connectivity index (χ4v) is 4.36. The van der Waals surface area contributed by atoms with Gasteiger partial charge in [0, 0.05) is 30.5 Å². The molecule has 1 aliphatic rings. The molecule has 39 heavy (non-hydrogen) atoms. The number of benzene rings is 2. The summed E-state index contributed by atoms with van der Waals surface area (Å²) in [5.41, 5.74) is 2.40. The van der Waals surface area contributed by atoms with Crippen molar-refractivity contribution in [3.05, 3.63) is 120 Å². The predicted molar refractivity (Wildman–Crippen MR) is 139 cm³/mol. The van der Waals surface area contributed by atoms with Crippen molar-refractivity contribution in [2.24, 2.45) is 0 Å². The van der Waals surface area contributed by atoms with Gasteiger partial charge in [0.05, 0.1) is 12.8 Å². The lowest BCUT2D eigenvalue weighted by Crippen LogP contribution is -2.46. The van der Waals surface area contributed by atoms with Crippen LogP contribution in [0.2, 0.25) is 0 Å². The van der Waals surface area contributed by atoms with Crippen LogP contribution in [-0.2, 0) is 22.5 Å². The van der Waals surface area contributed by atoms with Gasteiger partial charge in [-0.2, -0.15) is 0 Å². The molecule has 1 fully saturated rings. The van der Waals surface area contributed by atoms with Crippen molar-refractivity contribution in [1.82, 2.24) is 15.2 Å². The van der Waals surface area contributed by atoms with Gasteiger partial charge in [-0.15, -0.1) is 0 Å². The maximum absolute atomic E-state index is 13.8. The van der Waals surface area contributed by atoms with Crippen molar-refractivity contribution >= 4 is 23.6 Å². The van der Waals surface area contributed by atoms with E-state index < -0.39 is 35.9 Å². The van der Waals surface area contributed by atoms with Crippen molar-refractivity contribution in [3.8, 4) is 0 Å². The molecule has 3 heterocycles. The lowest BCUT2D eigenvalue weighted by Gasteiger charge is -2.24. The first kappa shape index (κ1) is 25.7. The second-order valence-corrected chi connectivity index (χ2v) is 8.92. The third-order valence-corrected chi connectivity index (χ3v) is 6.24. The maximum Gasteiger partial charge on any atom is 0.411 e. The number of aromatic nitrogens is 1. The molecule has 0 radical (unpaired) electrons. The number of nitrogens with one attached hydrogen (secondary N) is 2. The van der Waals surface area contributed by atoms with Crippen LogP contribution in [0.25, 0.3) is 0 Å². The zero-order valence-electron chi connectivity index (χ0n) is 20.7. The molecule has 1 aliphatic heterocycles. The first-order valence-corrected chi connectivity index (χ1v) is 12.3. The van der Waals surface area contributed by atoms with E-state index in [1.54, 1.807) is 54.7 Å². The Labute approximate surface area is 223 Å². The van der Waals surface area contributed by atoms with Crippen molar-refractivity contribution in [1.29, 1.82) is 0 Å². The number of carbonyl (C=O) groups is 3. The van der Waals surface area contributed by atoms with Gasteiger partial charge < -0.3 is 19.8 Å². The summed E-state index contributed by atoms with van der Waals surface area (Å²) >= 11 is 0. The van der Waals surface area contributed by atoms with Crippen LogP contribution in [0.5, 0.6) is 0 Å². The Morgan fingerprint density at radius 2 is 1.85 bits per heavy atom. The van der Waals surface area contributed by atoms with E-state index in [0.717, 1.165) is 5.69 Å². The highest BCUT2D eigenvalue weighted by molar-refractivity contribution is 6.02. The smallest absolute Gasteiger partial charge is 0.411 e. The molecule has 2 atom stereocenters. The minimum absolute atomic E-state index is 0.0112. The van der Waals surface area contributed by atoms with Crippen LogP contribution in [0.4, 0.5) is 14.9 Å². The van der Waals surface area contributed by atoms with Gasteiger partial charge in [0.2, 0.25) is 5.91 Å². The van der Waals surface area contributed by atoms with Crippen LogP contribution in [-0.4, -0.2) is 40.4 Å². The molecule has 10 heteroatoms. The van der Waals surface area contributed by atoms with Gasteiger partial charge in [0.25, 0.3) is 5.91 Å². The van der Waals surface area contributed by atoms with Crippen molar-refractivity contribution in [2.75, 3.05) is 11.9 Å². The molecule has 0 aliphatic carbocycles. The Morgan fingerprint density at radius 1 is 1.00 bits per heavy atom. The zero-order chi connectivity index (χ0) is 27.2. The first-order valence-electron chi connectivity index (χ1n) is 12.3. The topological polar surface area (TPSA) is 114 Å². The van der Waals surface area contributed by atoms with Crippen LogP contribution in [0.15, 0.2) is 95.7 Å². The molecule has 0 spiro atoms. The zero-order valence-corrected chi connectivity index (χ0v) is 20.7. The number of ether oxygens (including phenoxy) is 1. The molecule has 198 valence electrons. The van der Waals surface area contributed by atoms with Gasteiger partial charge in [0.15, 0.2) is 17.9 Å². The van der Waals surface area contributed by atoms with E-state index in [4.69, 9.17) is 9.15 Å². The second-order valence-electron chi connectivity index (χ2n) is 8.92. The monoisotopic (exact) mass is 528 g/mol. The summed E-state index contributed by atoms with van der Waals surface area (Å²) in [5.74, 6) is -1.10. The highest BCUT2D eigenvalue weighted by atomic mass is 19.1. The Bertz CT molecular complexity index is 1440. The van der Waals surface area contributed by atoms with Crippen LogP contribution < -0.4 is 10.6 Å². The number of nitrogens with zero attached hydrogens (tertiary/aromatic N) is 2. The summed E-state index contributed by atoms with van der Waals surface area (Å²) in [6, 6.07) is 20.2. The molecule has 2 aromatic carbocycles. The second kappa shape index (κ2) is 11.6. The van der Waals surface area contributed by atoms with E-state index in [-0.39, 0.29) is 12.3 Å². The number of halogens is 1. The largest absolute Gasteiger partial charge is 0.459 e. The number of rotatable bonds is 9. The van der Waals surface area contributed by atoms with Gasteiger partial charge in [-0.1, -0.05) is 30.3 Å². The normalized spacial score (nSPS) is 16.5. The third kappa shape index (κ3) is 6.12. The van der Waals surface area contributed by atoms with E-state index in [2.05, 4.69) is 15.6 Å². The number of anilines is 1. The van der Waals surface area contributed by atoms with E-state index in [1.807, 2.05) is 18.2 Å². The molecule has 1 saturated heterocycles. The quantitative estimate of drug-likeness (QED) is 0.331. The van der Waals surface area contributed by atoms with E-state index >= 15 is 0 Å². The molecule has 2 N–H and O–H groups in total. The first-order chi connectivity index (χ1) is 19.0. The number of cyclic esters (lactones) is 1. The van der Waals surface area contributed by atoms with Crippen molar-refractivity contribution in [2.45, 2.75) is 25.1 Å².